The fraction of sp³-hybridized carbons (Fsp3) is 0.294. The molecule has 2 rings (SSSR count). The van der Waals surface area contributed by atoms with Gasteiger partial charge >= 0.3 is 6.03 Å². The third kappa shape index (κ3) is 4.86. The van der Waals surface area contributed by atoms with E-state index in [0.29, 0.717) is 0 Å². The van der Waals surface area contributed by atoms with Crippen molar-refractivity contribution in [2.45, 2.75) is 32.4 Å². The molecule has 5 nitrogen and oxygen atoms in total. The van der Waals surface area contributed by atoms with E-state index in [9.17, 15) is 4.79 Å². The zero-order valence-corrected chi connectivity index (χ0v) is 13.0. The Morgan fingerprint density at radius 2 is 1.64 bits per heavy atom. The second-order valence-electron chi connectivity index (χ2n) is 5.91. The molecule has 1 atom stereocenters. The highest BCUT2D eigenvalue weighted by atomic mass is 16.7. The first-order chi connectivity index (χ1) is 10.5. The topological polar surface area (TPSA) is 63.2 Å². The average molecular weight is 299 g/mol. The molecule has 0 aliphatic rings. The Hall–Kier alpha value is -2.40. The van der Waals surface area contributed by atoms with Gasteiger partial charge in [0.1, 0.15) is 0 Å². The predicted octanol–water partition coefficient (Wildman–Crippen LogP) is 3.20. The first kappa shape index (κ1) is 16.0. The van der Waals surface area contributed by atoms with Crippen molar-refractivity contribution in [3.8, 4) is 0 Å². The van der Waals surface area contributed by atoms with E-state index in [1.54, 1.807) is 12.4 Å². The molecule has 0 spiro atoms. The summed E-state index contributed by atoms with van der Waals surface area (Å²) < 4.78 is 0. The van der Waals surface area contributed by atoms with Gasteiger partial charge in [0.25, 0.3) is 0 Å². The van der Waals surface area contributed by atoms with Crippen molar-refractivity contribution in [1.82, 2.24) is 15.8 Å². The van der Waals surface area contributed by atoms with Crippen LogP contribution in [0.25, 0.3) is 0 Å². The van der Waals surface area contributed by atoms with E-state index in [2.05, 4.69) is 15.8 Å². The molecular formula is C17H21N3O2. The second kappa shape index (κ2) is 7.04. The normalized spacial score (nSPS) is 12.5. The van der Waals surface area contributed by atoms with Crippen LogP contribution in [0.1, 0.15) is 37.9 Å². The summed E-state index contributed by atoms with van der Waals surface area (Å²) in [7, 11) is 0. The Bertz CT molecular complexity index is 555. The molecule has 0 saturated carbocycles. The molecule has 0 fully saturated rings. The Morgan fingerprint density at radius 1 is 1.05 bits per heavy atom. The van der Waals surface area contributed by atoms with Crippen LogP contribution in [-0.4, -0.2) is 16.6 Å². The Balaban J connectivity index is 2.14. The minimum atomic E-state index is -0.448. The first-order valence-corrected chi connectivity index (χ1v) is 7.15. The number of benzene rings is 1. The zero-order chi connectivity index (χ0) is 16.0. The van der Waals surface area contributed by atoms with Gasteiger partial charge in [0.05, 0.1) is 11.6 Å². The maximum absolute atomic E-state index is 12.1. The van der Waals surface area contributed by atoms with Crippen LogP contribution >= 0.6 is 0 Å². The summed E-state index contributed by atoms with van der Waals surface area (Å²) in [5.41, 5.74) is 3.92. The van der Waals surface area contributed by atoms with Crippen molar-refractivity contribution in [2.75, 3.05) is 0 Å². The summed E-state index contributed by atoms with van der Waals surface area (Å²) in [4.78, 5) is 21.4. The predicted molar refractivity (Wildman–Crippen MR) is 85.0 cm³/mol. The lowest BCUT2D eigenvalue weighted by atomic mass is 10.00. The van der Waals surface area contributed by atoms with Crippen LogP contribution < -0.4 is 10.8 Å². The maximum Gasteiger partial charge on any atom is 0.339 e. The number of amides is 2. The molecule has 0 bridgehead atoms. The van der Waals surface area contributed by atoms with Crippen molar-refractivity contribution in [2.24, 2.45) is 0 Å². The number of carbonyl (C=O) groups is 1. The molecule has 22 heavy (non-hydrogen) atoms. The van der Waals surface area contributed by atoms with Gasteiger partial charge in [0, 0.05) is 12.4 Å². The third-order valence-corrected chi connectivity index (χ3v) is 2.90. The smallest absolute Gasteiger partial charge is 0.325 e. The standard InChI is InChI=1S/C17H21N3O2/c1-17(2,3)22-20-16(21)19-15(13-7-5-4-6-8-13)14-9-11-18-12-10-14/h4-12,15H,1-3H3,(H2,19,20,21). The van der Waals surface area contributed by atoms with E-state index in [1.165, 1.54) is 0 Å². The molecule has 1 aromatic carbocycles. The van der Waals surface area contributed by atoms with Gasteiger partial charge in [-0.2, -0.15) is 0 Å². The van der Waals surface area contributed by atoms with Crippen LogP contribution in [0.4, 0.5) is 4.79 Å². The molecule has 1 heterocycles. The quantitative estimate of drug-likeness (QED) is 0.852. The van der Waals surface area contributed by atoms with Crippen molar-refractivity contribution in [3.05, 3.63) is 66.0 Å². The van der Waals surface area contributed by atoms with Crippen molar-refractivity contribution >= 4 is 6.03 Å². The first-order valence-electron chi connectivity index (χ1n) is 7.15. The second-order valence-corrected chi connectivity index (χ2v) is 5.91. The van der Waals surface area contributed by atoms with Crippen LogP contribution in [0.3, 0.4) is 0 Å². The molecule has 1 aromatic heterocycles. The van der Waals surface area contributed by atoms with Crippen LogP contribution in [-0.2, 0) is 4.84 Å². The van der Waals surface area contributed by atoms with E-state index in [-0.39, 0.29) is 12.1 Å². The summed E-state index contributed by atoms with van der Waals surface area (Å²) in [5, 5.41) is 2.92. The number of nitrogens with zero attached hydrogens (tertiary/aromatic N) is 1. The molecule has 2 N–H and O–H groups in total. The van der Waals surface area contributed by atoms with E-state index in [1.807, 2.05) is 63.2 Å². The van der Waals surface area contributed by atoms with E-state index in [0.717, 1.165) is 11.1 Å². The van der Waals surface area contributed by atoms with Gasteiger partial charge in [0.15, 0.2) is 0 Å². The molecule has 0 aliphatic heterocycles. The molecule has 116 valence electrons. The minimum absolute atomic E-state index is 0.271. The molecule has 0 radical (unpaired) electrons. The summed E-state index contributed by atoms with van der Waals surface area (Å²) in [6.07, 6.45) is 3.41. The van der Waals surface area contributed by atoms with E-state index in [4.69, 9.17) is 4.84 Å². The highest BCUT2D eigenvalue weighted by molar-refractivity contribution is 5.74. The minimum Gasteiger partial charge on any atom is -0.325 e. The number of urea groups is 1. The number of hydrogen-bond acceptors (Lipinski definition) is 3. The monoisotopic (exact) mass is 299 g/mol. The molecule has 0 saturated heterocycles. The lowest BCUT2D eigenvalue weighted by Gasteiger charge is -2.23. The number of pyridine rings is 1. The molecule has 2 amide bonds. The lowest BCUT2D eigenvalue weighted by molar-refractivity contribution is -0.0531. The zero-order valence-electron chi connectivity index (χ0n) is 13.0. The van der Waals surface area contributed by atoms with Crippen LogP contribution in [0.15, 0.2) is 54.9 Å². The van der Waals surface area contributed by atoms with Crippen LogP contribution in [0.5, 0.6) is 0 Å². The number of hydroxylamine groups is 1. The van der Waals surface area contributed by atoms with Gasteiger partial charge in [-0.3, -0.25) is 9.82 Å². The molecule has 1 unspecified atom stereocenters. The van der Waals surface area contributed by atoms with Crippen molar-refractivity contribution < 1.29 is 9.63 Å². The van der Waals surface area contributed by atoms with Gasteiger partial charge in [0.2, 0.25) is 0 Å². The highest BCUT2D eigenvalue weighted by Gasteiger charge is 2.18. The maximum atomic E-state index is 12.1. The van der Waals surface area contributed by atoms with Crippen LogP contribution in [0.2, 0.25) is 0 Å². The lowest BCUT2D eigenvalue weighted by Crippen LogP contribution is -2.42. The largest absolute Gasteiger partial charge is 0.339 e. The van der Waals surface area contributed by atoms with Gasteiger partial charge in [-0.05, 0) is 44.0 Å². The van der Waals surface area contributed by atoms with Gasteiger partial charge in [-0.1, -0.05) is 30.3 Å². The van der Waals surface area contributed by atoms with E-state index >= 15 is 0 Å². The molecule has 2 aromatic rings. The fourth-order valence-electron chi connectivity index (χ4n) is 1.92. The number of aromatic nitrogens is 1. The van der Waals surface area contributed by atoms with E-state index < -0.39 is 5.60 Å². The Kier molecular flexibility index (Phi) is 5.12. The van der Waals surface area contributed by atoms with Crippen LogP contribution in [0, 0.1) is 0 Å². The molecule has 0 aliphatic carbocycles. The number of nitrogens with one attached hydrogen (secondary N) is 2. The number of hydrogen-bond donors (Lipinski definition) is 2. The fourth-order valence-corrected chi connectivity index (χ4v) is 1.92. The molecular weight excluding hydrogens is 278 g/mol. The summed E-state index contributed by atoms with van der Waals surface area (Å²) in [6.45, 7) is 5.60. The average Bonchev–Trinajstić information content (AvgIpc) is 2.52. The summed E-state index contributed by atoms with van der Waals surface area (Å²) in [6, 6.07) is 12.9. The summed E-state index contributed by atoms with van der Waals surface area (Å²) >= 11 is 0. The molecule has 5 heteroatoms. The van der Waals surface area contributed by atoms with Gasteiger partial charge in [-0.25, -0.2) is 10.3 Å². The van der Waals surface area contributed by atoms with Gasteiger partial charge < -0.3 is 5.32 Å². The van der Waals surface area contributed by atoms with Gasteiger partial charge in [-0.15, -0.1) is 0 Å². The SMILES string of the molecule is CC(C)(C)ONC(=O)NC(c1ccccc1)c1ccncc1. The van der Waals surface area contributed by atoms with Crippen molar-refractivity contribution in [1.29, 1.82) is 0 Å². The number of carbonyl (C=O) groups excluding carboxylic acids is 1. The Morgan fingerprint density at radius 3 is 2.23 bits per heavy atom. The number of rotatable bonds is 4. The highest BCUT2D eigenvalue weighted by Crippen LogP contribution is 2.21. The Labute approximate surface area is 130 Å². The third-order valence-electron chi connectivity index (χ3n) is 2.90. The summed E-state index contributed by atoms with van der Waals surface area (Å²) in [5.74, 6) is 0. The van der Waals surface area contributed by atoms with Crippen molar-refractivity contribution in [3.63, 3.8) is 0 Å².